The maximum Gasteiger partial charge on any atom is 0.206 e. The van der Waals surface area contributed by atoms with Gasteiger partial charge in [0.05, 0.1) is 9.79 Å². The fourth-order valence-corrected chi connectivity index (χ4v) is 4.04. The van der Waals surface area contributed by atoms with Gasteiger partial charge >= 0.3 is 0 Å². The van der Waals surface area contributed by atoms with Crippen molar-refractivity contribution in [2.45, 2.75) is 23.1 Å². The van der Waals surface area contributed by atoms with Crippen molar-refractivity contribution < 1.29 is 8.42 Å². The fraction of sp³-hybridized carbons (Fsp3) is 0.176. The van der Waals surface area contributed by atoms with Gasteiger partial charge in [-0.2, -0.15) is 0 Å². The molecule has 2 aromatic carbocycles. The molecule has 0 bridgehead atoms. The average molecular weight is 351 g/mol. The summed E-state index contributed by atoms with van der Waals surface area (Å²) in [5.41, 5.74) is 8.72. The van der Waals surface area contributed by atoms with E-state index in [0.717, 1.165) is 28.6 Å². The van der Waals surface area contributed by atoms with Crippen LogP contribution < -0.4 is 5.73 Å². The molecule has 122 valence electrons. The van der Waals surface area contributed by atoms with Crippen molar-refractivity contribution in [3.05, 3.63) is 59.8 Å². The summed E-state index contributed by atoms with van der Waals surface area (Å²) < 4.78 is 25.4. The van der Waals surface area contributed by atoms with Crippen LogP contribution in [-0.4, -0.2) is 19.9 Å². The second-order valence-electron chi connectivity index (χ2n) is 5.29. The zero-order valence-corrected chi connectivity index (χ0v) is 14.4. The van der Waals surface area contributed by atoms with Gasteiger partial charge in [-0.05, 0) is 55.8 Å². The lowest BCUT2D eigenvalue weighted by Gasteiger charge is -2.05. The fourth-order valence-electron chi connectivity index (χ4n) is 2.73. The molecular weight excluding hydrogens is 332 g/mol. The van der Waals surface area contributed by atoms with E-state index in [0.29, 0.717) is 16.3 Å². The Hall–Kier alpha value is -1.82. The zero-order chi connectivity index (χ0) is 15.7. The number of benzene rings is 2. The quantitative estimate of drug-likeness (QED) is 0.758. The molecule has 0 aliphatic heterocycles. The largest absolute Gasteiger partial charge is 0.358 e. The summed E-state index contributed by atoms with van der Waals surface area (Å²) >= 11 is 0. The van der Waals surface area contributed by atoms with Crippen LogP contribution in [0.15, 0.2) is 58.3 Å². The van der Waals surface area contributed by atoms with Crippen LogP contribution in [-0.2, 0) is 16.3 Å². The van der Waals surface area contributed by atoms with Gasteiger partial charge in [0.2, 0.25) is 9.84 Å². The van der Waals surface area contributed by atoms with E-state index in [1.165, 1.54) is 0 Å². The minimum Gasteiger partial charge on any atom is -0.358 e. The molecule has 0 aliphatic carbocycles. The van der Waals surface area contributed by atoms with E-state index in [1.54, 1.807) is 42.5 Å². The van der Waals surface area contributed by atoms with E-state index in [2.05, 4.69) is 4.98 Å². The maximum absolute atomic E-state index is 12.7. The van der Waals surface area contributed by atoms with Gasteiger partial charge in [-0.25, -0.2) is 8.42 Å². The van der Waals surface area contributed by atoms with Gasteiger partial charge in [0.1, 0.15) is 0 Å². The van der Waals surface area contributed by atoms with Crippen LogP contribution in [0.3, 0.4) is 0 Å². The highest BCUT2D eigenvalue weighted by Crippen LogP contribution is 2.28. The molecule has 0 spiro atoms. The first-order valence-electron chi connectivity index (χ1n) is 7.15. The van der Waals surface area contributed by atoms with Crippen LogP contribution in [0.4, 0.5) is 0 Å². The Morgan fingerprint density at radius 1 is 1.04 bits per heavy atom. The topological polar surface area (TPSA) is 76.0 Å². The van der Waals surface area contributed by atoms with Crippen molar-refractivity contribution in [3.63, 3.8) is 0 Å². The van der Waals surface area contributed by atoms with Crippen LogP contribution in [0.25, 0.3) is 10.9 Å². The summed E-state index contributed by atoms with van der Waals surface area (Å²) in [7, 11) is -3.50. The molecule has 6 heteroatoms. The van der Waals surface area contributed by atoms with E-state index in [4.69, 9.17) is 5.73 Å². The summed E-state index contributed by atoms with van der Waals surface area (Å²) in [5.74, 6) is 0. The molecule has 0 unspecified atom stereocenters. The standard InChI is InChI=1S/C17H18N2O2S.ClH/c1-12-15(9-10-18)16-11-14(7-8-17(16)19-12)22(20,21)13-5-3-2-4-6-13;/h2-8,11,19H,9-10,18H2,1H3;1H. The number of sulfone groups is 1. The van der Waals surface area contributed by atoms with E-state index in [9.17, 15) is 8.42 Å². The SMILES string of the molecule is Cc1[nH]c2ccc(S(=O)(=O)c3ccccc3)cc2c1CCN.Cl. The highest BCUT2D eigenvalue weighted by Gasteiger charge is 2.19. The molecule has 0 amide bonds. The number of nitrogens with two attached hydrogens (primary N) is 1. The molecule has 3 N–H and O–H groups in total. The summed E-state index contributed by atoms with van der Waals surface area (Å²) in [4.78, 5) is 3.90. The summed E-state index contributed by atoms with van der Waals surface area (Å²) in [6, 6.07) is 13.7. The number of fused-ring (bicyclic) bond motifs is 1. The first-order valence-corrected chi connectivity index (χ1v) is 8.64. The number of halogens is 1. The number of H-pyrrole nitrogens is 1. The number of nitrogens with one attached hydrogen (secondary N) is 1. The van der Waals surface area contributed by atoms with Gasteiger partial charge in [0, 0.05) is 16.6 Å². The summed E-state index contributed by atoms with van der Waals surface area (Å²) in [6.07, 6.45) is 0.723. The second-order valence-corrected chi connectivity index (χ2v) is 7.24. The van der Waals surface area contributed by atoms with Gasteiger partial charge < -0.3 is 10.7 Å². The molecule has 0 atom stereocenters. The maximum atomic E-state index is 12.7. The molecule has 0 saturated carbocycles. The predicted octanol–water partition coefficient (Wildman–Crippen LogP) is 3.23. The van der Waals surface area contributed by atoms with Gasteiger partial charge in [-0.15, -0.1) is 12.4 Å². The van der Waals surface area contributed by atoms with Gasteiger partial charge in [0.25, 0.3) is 0 Å². The Morgan fingerprint density at radius 3 is 2.39 bits per heavy atom. The van der Waals surface area contributed by atoms with E-state index in [1.807, 2.05) is 13.0 Å². The molecule has 3 rings (SSSR count). The number of hydrogen-bond donors (Lipinski definition) is 2. The van der Waals surface area contributed by atoms with Crippen LogP contribution in [0, 0.1) is 6.92 Å². The monoisotopic (exact) mass is 350 g/mol. The number of aromatic nitrogens is 1. The molecule has 4 nitrogen and oxygen atoms in total. The Kier molecular flexibility index (Phi) is 5.14. The predicted molar refractivity (Wildman–Crippen MR) is 94.9 cm³/mol. The van der Waals surface area contributed by atoms with E-state index in [-0.39, 0.29) is 12.4 Å². The number of aryl methyl sites for hydroxylation is 1. The minimum absolute atomic E-state index is 0. The Morgan fingerprint density at radius 2 is 1.74 bits per heavy atom. The molecule has 0 radical (unpaired) electrons. The van der Waals surface area contributed by atoms with Crippen LogP contribution >= 0.6 is 12.4 Å². The lowest BCUT2D eigenvalue weighted by atomic mass is 10.1. The average Bonchev–Trinajstić information content (AvgIpc) is 2.84. The van der Waals surface area contributed by atoms with Crippen LogP contribution in [0.1, 0.15) is 11.3 Å². The number of hydrogen-bond acceptors (Lipinski definition) is 3. The lowest BCUT2D eigenvalue weighted by molar-refractivity contribution is 0.596. The van der Waals surface area contributed by atoms with E-state index < -0.39 is 9.84 Å². The van der Waals surface area contributed by atoms with Crippen molar-refractivity contribution in [2.75, 3.05) is 6.54 Å². The minimum atomic E-state index is -3.50. The molecule has 0 aliphatic rings. The third-order valence-corrected chi connectivity index (χ3v) is 5.62. The Balaban J connectivity index is 0.00000192. The van der Waals surface area contributed by atoms with Crippen LogP contribution in [0.2, 0.25) is 0 Å². The zero-order valence-electron chi connectivity index (χ0n) is 12.7. The Bertz CT molecular complexity index is 918. The first kappa shape index (κ1) is 17.5. The highest BCUT2D eigenvalue weighted by molar-refractivity contribution is 7.91. The second kappa shape index (κ2) is 6.74. The van der Waals surface area contributed by atoms with Crippen LogP contribution in [0.5, 0.6) is 0 Å². The molecule has 0 fully saturated rings. The van der Waals surface area contributed by atoms with Crippen molar-refractivity contribution in [3.8, 4) is 0 Å². The molecule has 1 aromatic heterocycles. The molecule has 3 aromatic rings. The molecule has 0 saturated heterocycles. The highest BCUT2D eigenvalue weighted by atomic mass is 35.5. The molecule has 1 heterocycles. The third kappa shape index (κ3) is 3.13. The van der Waals surface area contributed by atoms with Crippen molar-refractivity contribution >= 4 is 33.1 Å². The summed E-state index contributed by atoms with van der Waals surface area (Å²) in [6.45, 7) is 2.51. The number of rotatable bonds is 4. The van der Waals surface area contributed by atoms with Crippen molar-refractivity contribution in [2.24, 2.45) is 5.73 Å². The van der Waals surface area contributed by atoms with Gasteiger partial charge in [-0.3, -0.25) is 0 Å². The van der Waals surface area contributed by atoms with Gasteiger partial charge in [-0.1, -0.05) is 18.2 Å². The Labute approximate surface area is 142 Å². The lowest BCUT2D eigenvalue weighted by Crippen LogP contribution is -2.04. The normalized spacial score (nSPS) is 11.4. The molecular formula is C17H19ClN2O2S. The smallest absolute Gasteiger partial charge is 0.206 e. The summed E-state index contributed by atoms with van der Waals surface area (Å²) in [5, 5.41) is 0.931. The molecule has 23 heavy (non-hydrogen) atoms. The first-order chi connectivity index (χ1) is 10.5. The van der Waals surface area contributed by atoms with E-state index >= 15 is 0 Å². The third-order valence-electron chi connectivity index (χ3n) is 3.85. The van der Waals surface area contributed by atoms with Crippen molar-refractivity contribution in [1.29, 1.82) is 0 Å². The van der Waals surface area contributed by atoms with Gasteiger partial charge in [0.15, 0.2) is 0 Å². The number of aromatic amines is 1. The van der Waals surface area contributed by atoms with Crippen molar-refractivity contribution in [1.82, 2.24) is 4.98 Å².